The van der Waals surface area contributed by atoms with Crippen molar-refractivity contribution >= 4 is 11.6 Å². The van der Waals surface area contributed by atoms with Crippen LogP contribution in [0.15, 0.2) is 59.9 Å². The molecule has 0 saturated heterocycles. The summed E-state index contributed by atoms with van der Waals surface area (Å²) >= 11 is 0. The number of hydrogen-bond donors (Lipinski definition) is 2. The lowest BCUT2D eigenvalue weighted by Crippen LogP contribution is -2.39. The van der Waals surface area contributed by atoms with Crippen molar-refractivity contribution in [3.05, 3.63) is 66.1 Å². The SMILES string of the molecule is CN=C(NCCc1cn2ccccc2n1)NCCC(C)c1ccc(OC)cc1. The van der Waals surface area contributed by atoms with Crippen LogP contribution in [-0.2, 0) is 6.42 Å². The Balaban J connectivity index is 1.40. The summed E-state index contributed by atoms with van der Waals surface area (Å²) in [4.78, 5) is 8.93. The molecule has 2 N–H and O–H groups in total. The van der Waals surface area contributed by atoms with Gasteiger partial charge in [0, 0.05) is 39.0 Å². The van der Waals surface area contributed by atoms with Crippen LogP contribution in [0.25, 0.3) is 5.65 Å². The van der Waals surface area contributed by atoms with E-state index in [2.05, 4.69) is 45.9 Å². The maximum absolute atomic E-state index is 5.22. The van der Waals surface area contributed by atoms with E-state index in [0.717, 1.165) is 49.0 Å². The fourth-order valence-corrected chi connectivity index (χ4v) is 3.14. The molecule has 6 heteroatoms. The molecule has 0 saturated carbocycles. The first-order valence-corrected chi connectivity index (χ1v) is 9.70. The summed E-state index contributed by atoms with van der Waals surface area (Å²) in [5, 5.41) is 6.76. The fraction of sp³-hybridized carbons (Fsp3) is 0.364. The Hall–Kier alpha value is -3.02. The zero-order valence-electron chi connectivity index (χ0n) is 16.9. The lowest BCUT2D eigenvalue weighted by molar-refractivity contribution is 0.414. The number of aliphatic imine (C=N–C) groups is 1. The van der Waals surface area contributed by atoms with E-state index in [4.69, 9.17) is 4.74 Å². The molecule has 0 bridgehead atoms. The van der Waals surface area contributed by atoms with Crippen LogP contribution in [0.2, 0.25) is 0 Å². The molecule has 3 rings (SSSR count). The molecular weight excluding hydrogens is 350 g/mol. The van der Waals surface area contributed by atoms with Crippen molar-refractivity contribution in [2.75, 3.05) is 27.2 Å². The maximum Gasteiger partial charge on any atom is 0.190 e. The number of fused-ring (bicyclic) bond motifs is 1. The van der Waals surface area contributed by atoms with Gasteiger partial charge in [-0.2, -0.15) is 0 Å². The Morgan fingerprint density at radius 2 is 1.93 bits per heavy atom. The highest BCUT2D eigenvalue weighted by molar-refractivity contribution is 5.79. The summed E-state index contributed by atoms with van der Waals surface area (Å²) < 4.78 is 7.27. The van der Waals surface area contributed by atoms with Crippen LogP contribution in [0.5, 0.6) is 5.75 Å². The molecule has 3 aromatic rings. The summed E-state index contributed by atoms with van der Waals surface area (Å²) in [7, 11) is 3.49. The maximum atomic E-state index is 5.22. The van der Waals surface area contributed by atoms with Crippen LogP contribution in [0.1, 0.15) is 30.5 Å². The van der Waals surface area contributed by atoms with E-state index in [1.807, 2.05) is 40.9 Å². The highest BCUT2D eigenvalue weighted by Crippen LogP contribution is 2.21. The van der Waals surface area contributed by atoms with Crippen molar-refractivity contribution < 1.29 is 4.74 Å². The number of imidazole rings is 1. The average Bonchev–Trinajstić information content (AvgIpc) is 3.15. The van der Waals surface area contributed by atoms with E-state index in [-0.39, 0.29) is 0 Å². The third kappa shape index (κ3) is 5.25. The van der Waals surface area contributed by atoms with Gasteiger partial charge in [-0.3, -0.25) is 4.99 Å². The molecule has 2 aromatic heterocycles. The second kappa shape index (κ2) is 9.78. The zero-order valence-corrected chi connectivity index (χ0v) is 16.9. The molecule has 0 aliphatic carbocycles. The molecule has 28 heavy (non-hydrogen) atoms. The van der Waals surface area contributed by atoms with Gasteiger partial charge in [0.25, 0.3) is 0 Å². The first-order valence-electron chi connectivity index (χ1n) is 9.70. The molecule has 1 atom stereocenters. The summed E-state index contributed by atoms with van der Waals surface area (Å²) in [6.07, 6.45) is 5.97. The molecule has 0 aliphatic heterocycles. The summed E-state index contributed by atoms with van der Waals surface area (Å²) in [6.45, 7) is 3.89. The van der Waals surface area contributed by atoms with E-state index in [1.54, 1.807) is 14.2 Å². The number of nitrogens with zero attached hydrogens (tertiary/aromatic N) is 3. The summed E-state index contributed by atoms with van der Waals surface area (Å²) in [5.74, 6) is 2.18. The highest BCUT2D eigenvalue weighted by Gasteiger charge is 2.07. The Kier molecular flexibility index (Phi) is 6.89. The van der Waals surface area contributed by atoms with Crippen LogP contribution in [0.4, 0.5) is 0 Å². The fourth-order valence-electron chi connectivity index (χ4n) is 3.14. The Bertz CT molecular complexity index is 868. The number of hydrogen-bond acceptors (Lipinski definition) is 3. The Labute approximate surface area is 166 Å². The van der Waals surface area contributed by atoms with Crippen LogP contribution in [0, 0.1) is 0 Å². The van der Waals surface area contributed by atoms with Gasteiger partial charge in [-0.15, -0.1) is 0 Å². The topological polar surface area (TPSA) is 63.0 Å². The van der Waals surface area contributed by atoms with Gasteiger partial charge in [0.2, 0.25) is 0 Å². The van der Waals surface area contributed by atoms with Gasteiger partial charge >= 0.3 is 0 Å². The average molecular weight is 380 g/mol. The van der Waals surface area contributed by atoms with Gasteiger partial charge in [0.05, 0.1) is 12.8 Å². The molecule has 2 heterocycles. The van der Waals surface area contributed by atoms with Crippen molar-refractivity contribution in [2.45, 2.75) is 25.7 Å². The molecule has 1 unspecified atom stereocenters. The quantitative estimate of drug-likeness (QED) is 0.466. The lowest BCUT2D eigenvalue weighted by atomic mass is 9.98. The number of nitrogens with one attached hydrogen (secondary N) is 2. The summed E-state index contributed by atoms with van der Waals surface area (Å²) in [6, 6.07) is 14.3. The van der Waals surface area contributed by atoms with Crippen molar-refractivity contribution in [1.82, 2.24) is 20.0 Å². The minimum Gasteiger partial charge on any atom is -0.497 e. The predicted octanol–water partition coefficient (Wildman–Crippen LogP) is 3.24. The standard InChI is InChI=1S/C22H29N5O/c1-17(18-7-9-20(28-3)10-8-18)11-13-24-22(23-2)25-14-12-19-16-27-15-5-4-6-21(27)26-19/h4-10,15-17H,11-14H2,1-3H3,(H2,23,24,25). The number of pyridine rings is 1. The number of aromatic nitrogens is 2. The van der Waals surface area contributed by atoms with Crippen molar-refractivity contribution in [1.29, 1.82) is 0 Å². The third-order valence-corrected chi connectivity index (χ3v) is 4.87. The minimum atomic E-state index is 0.467. The van der Waals surface area contributed by atoms with Gasteiger partial charge in [0.15, 0.2) is 5.96 Å². The molecule has 0 radical (unpaired) electrons. The van der Waals surface area contributed by atoms with Crippen molar-refractivity contribution in [3.63, 3.8) is 0 Å². The number of rotatable bonds is 8. The Morgan fingerprint density at radius 1 is 1.14 bits per heavy atom. The molecular formula is C22H29N5O. The van der Waals surface area contributed by atoms with E-state index in [1.165, 1.54) is 5.56 Å². The molecule has 0 spiro atoms. The van der Waals surface area contributed by atoms with E-state index in [0.29, 0.717) is 5.92 Å². The smallest absolute Gasteiger partial charge is 0.190 e. The normalized spacial score (nSPS) is 12.8. The first-order chi connectivity index (χ1) is 13.7. The second-order valence-electron chi connectivity index (χ2n) is 6.84. The monoisotopic (exact) mass is 379 g/mol. The minimum absolute atomic E-state index is 0.467. The van der Waals surface area contributed by atoms with Gasteiger partial charge in [-0.1, -0.05) is 25.1 Å². The van der Waals surface area contributed by atoms with Gasteiger partial charge in [-0.25, -0.2) is 4.98 Å². The number of ether oxygens (including phenoxy) is 1. The lowest BCUT2D eigenvalue weighted by Gasteiger charge is -2.15. The van der Waals surface area contributed by atoms with Gasteiger partial charge in [0.1, 0.15) is 11.4 Å². The third-order valence-electron chi connectivity index (χ3n) is 4.87. The summed E-state index contributed by atoms with van der Waals surface area (Å²) in [5.41, 5.74) is 3.37. The van der Waals surface area contributed by atoms with Crippen molar-refractivity contribution in [3.8, 4) is 5.75 Å². The number of methoxy groups -OCH3 is 1. The molecule has 1 aromatic carbocycles. The molecule has 148 valence electrons. The molecule has 0 aliphatic rings. The zero-order chi connectivity index (χ0) is 19.8. The van der Waals surface area contributed by atoms with Crippen LogP contribution >= 0.6 is 0 Å². The predicted molar refractivity (Wildman–Crippen MR) is 114 cm³/mol. The van der Waals surface area contributed by atoms with Gasteiger partial charge < -0.3 is 19.8 Å². The second-order valence-corrected chi connectivity index (χ2v) is 6.84. The number of benzene rings is 1. The van der Waals surface area contributed by atoms with Crippen LogP contribution in [-0.4, -0.2) is 42.6 Å². The largest absolute Gasteiger partial charge is 0.497 e. The van der Waals surface area contributed by atoms with E-state index >= 15 is 0 Å². The van der Waals surface area contributed by atoms with Crippen LogP contribution in [0.3, 0.4) is 0 Å². The number of guanidine groups is 1. The molecule has 0 fully saturated rings. The Morgan fingerprint density at radius 3 is 2.64 bits per heavy atom. The van der Waals surface area contributed by atoms with Crippen molar-refractivity contribution in [2.24, 2.45) is 4.99 Å². The van der Waals surface area contributed by atoms with E-state index in [9.17, 15) is 0 Å². The first kappa shape index (κ1) is 19.7. The highest BCUT2D eigenvalue weighted by atomic mass is 16.5. The van der Waals surface area contributed by atoms with E-state index < -0.39 is 0 Å². The van der Waals surface area contributed by atoms with Crippen LogP contribution < -0.4 is 15.4 Å². The molecule has 0 amide bonds. The van der Waals surface area contributed by atoms with Gasteiger partial charge in [-0.05, 0) is 42.2 Å². The molecule has 6 nitrogen and oxygen atoms in total.